The van der Waals surface area contributed by atoms with Crippen LogP contribution in [-0.4, -0.2) is 23.4 Å². The van der Waals surface area contributed by atoms with Gasteiger partial charge >= 0.3 is 5.97 Å². The minimum Gasteiger partial charge on any atom is -0.482 e. The Morgan fingerprint density at radius 2 is 1.63 bits per heavy atom. The number of hydrogen-bond donors (Lipinski definition) is 1. The Hall–Kier alpha value is -1.04. The van der Waals surface area contributed by atoms with E-state index in [1.165, 1.54) is 23.8 Å². The zero-order valence-corrected chi connectivity index (χ0v) is 22.4. The predicted molar refractivity (Wildman–Crippen MR) is 143 cm³/mol. The van der Waals surface area contributed by atoms with E-state index in [-0.39, 0.29) is 6.61 Å². The molecule has 0 fully saturated rings. The molecule has 30 heavy (non-hydrogen) atoms. The second kappa shape index (κ2) is 11.5. The first-order valence-corrected chi connectivity index (χ1v) is 12.8. The summed E-state index contributed by atoms with van der Waals surface area (Å²) in [7, 11) is 0. The molecule has 0 radical (unpaired) electrons. The Bertz CT molecular complexity index is 1040. The number of carboxylic acids is 1. The van der Waals surface area contributed by atoms with E-state index in [9.17, 15) is 4.79 Å². The third-order valence-electron chi connectivity index (χ3n) is 4.06. The van der Waals surface area contributed by atoms with Gasteiger partial charge in [-0.15, -0.1) is 11.8 Å². The predicted octanol–water partition coefficient (Wildman–Crippen LogP) is 7.35. The van der Waals surface area contributed by atoms with Gasteiger partial charge in [-0.25, -0.2) is 4.79 Å². The van der Waals surface area contributed by atoms with E-state index in [1.54, 1.807) is 23.9 Å². The van der Waals surface area contributed by atoms with Gasteiger partial charge in [0.25, 0.3) is 0 Å². The quantitative estimate of drug-likeness (QED) is 0.197. The number of carbonyl (C=O) groups is 1. The molecule has 7 heteroatoms. The van der Waals surface area contributed by atoms with E-state index in [2.05, 4.69) is 116 Å². The number of rotatable bonds is 8. The summed E-state index contributed by atoms with van der Waals surface area (Å²) in [5, 5.41) is 8.74. The fourth-order valence-electron chi connectivity index (χ4n) is 2.76. The largest absolute Gasteiger partial charge is 0.482 e. The van der Waals surface area contributed by atoms with Crippen LogP contribution in [0.3, 0.4) is 0 Å². The van der Waals surface area contributed by atoms with Crippen molar-refractivity contribution in [2.45, 2.75) is 4.90 Å². The Balaban J connectivity index is 1.80. The lowest BCUT2D eigenvalue weighted by molar-refractivity contribution is -0.139. The molecule has 3 rings (SSSR count). The monoisotopic (exact) mass is 706 g/mol. The third-order valence-corrected chi connectivity index (χ3v) is 7.32. The summed E-state index contributed by atoms with van der Waals surface area (Å²) < 4.78 is 8.52. The molecule has 3 nitrogen and oxygen atoms in total. The molecule has 0 aliphatic carbocycles. The van der Waals surface area contributed by atoms with Crippen LogP contribution in [0.5, 0.6) is 5.75 Å². The summed E-state index contributed by atoms with van der Waals surface area (Å²) in [5.41, 5.74) is 3.60. The fourth-order valence-corrected chi connectivity index (χ4v) is 5.34. The summed E-state index contributed by atoms with van der Waals surface area (Å²) in [6.45, 7) is -0.350. The van der Waals surface area contributed by atoms with E-state index in [4.69, 9.17) is 9.84 Å². The molecule has 0 saturated carbocycles. The van der Waals surface area contributed by atoms with Gasteiger partial charge in [-0.1, -0.05) is 30.3 Å². The van der Waals surface area contributed by atoms with Crippen molar-refractivity contribution in [3.63, 3.8) is 0 Å². The number of halogens is 3. The van der Waals surface area contributed by atoms with Crippen LogP contribution in [-0.2, 0) is 4.79 Å². The van der Waals surface area contributed by atoms with Crippen molar-refractivity contribution < 1.29 is 14.6 Å². The van der Waals surface area contributed by atoms with Gasteiger partial charge in [-0.05, 0) is 120 Å². The summed E-state index contributed by atoms with van der Waals surface area (Å²) >= 11 is 9.95. The molecule has 154 valence electrons. The van der Waals surface area contributed by atoms with E-state index in [0.29, 0.717) is 5.75 Å². The molecule has 0 heterocycles. The second-order valence-corrected chi connectivity index (χ2v) is 10.6. The Morgan fingerprint density at radius 1 is 1.00 bits per heavy atom. The van der Waals surface area contributed by atoms with Crippen LogP contribution in [0, 0.1) is 7.14 Å². The number of aliphatic carboxylic acids is 1. The normalized spacial score (nSPS) is 10.5. The lowest BCUT2D eigenvalue weighted by Gasteiger charge is -2.11. The molecule has 3 aromatic rings. The van der Waals surface area contributed by atoms with E-state index in [1.807, 2.05) is 6.07 Å². The van der Waals surface area contributed by atoms with Crippen molar-refractivity contribution >= 4 is 84.4 Å². The van der Waals surface area contributed by atoms with E-state index < -0.39 is 5.97 Å². The number of thioether (sulfide) groups is 1. The molecule has 0 saturated heterocycles. The van der Waals surface area contributed by atoms with Gasteiger partial charge in [-0.2, -0.15) is 0 Å². The van der Waals surface area contributed by atoms with Crippen molar-refractivity contribution in [2.24, 2.45) is 0 Å². The highest BCUT2D eigenvalue weighted by molar-refractivity contribution is 14.1. The van der Waals surface area contributed by atoms with Crippen molar-refractivity contribution in [1.29, 1.82) is 0 Å². The smallest absolute Gasteiger partial charge is 0.341 e. The minimum absolute atomic E-state index is 0.350. The topological polar surface area (TPSA) is 46.5 Å². The Morgan fingerprint density at radius 3 is 2.17 bits per heavy atom. The van der Waals surface area contributed by atoms with Gasteiger partial charge in [0.15, 0.2) is 6.61 Å². The average molecular weight is 707 g/mol. The molecule has 0 bridgehead atoms. The molecule has 0 unspecified atom stereocenters. The first-order chi connectivity index (χ1) is 14.4. The SMILES string of the molecule is O=C(O)COc1ccc(SCC=C(c2cccc(I)c2)c2cccc(I)c2)c(Br)c1. The molecule has 0 atom stereocenters. The highest BCUT2D eigenvalue weighted by Gasteiger charge is 2.08. The standard InChI is InChI=1S/C23H17BrI2O3S/c24-21-13-19(29-14-23(27)28)7-8-22(21)30-10-9-20(15-3-1-5-17(25)11-15)16-4-2-6-18(26)12-16/h1-9,11-13H,10,14H2,(H,27,28). The lowest BCUT2D eigenvalue weighted by atomic mass is 9.98. The van der Waals surface area contributed by atoms with Crippen LogP contribution in [0.2, 0.25) is 0 Å². The van der Waals surface area contributed by atoms with Crippen LogP contribution in [0.4, 0.5) is 0 Å². The van der Waals surface area contributed by atoms with Crippen molar-refractivity contribution in [2.75, 3.05) is 12.4 Å². The highest BCUT2D eigenvalue weighted by Crippen LogP contribution is 2.33. The van der Waals surface area contributed by atoms with Gasteiger partial charge in [0.2, 0.25) is 0 Å². The van der Waals surface area contributed by atoms with Gasteiger partial charge in [0.1, 0.15) is 5.75 Å². The molecule has 3 aromatic carbocycles. The van der Waals surface area contributed by atoms with Crippen LogP contribution in [0.1, 0.15) is 11.1 Å². The molecular formula is C23H17BrI2O3S. The van der Waals surface area contributed by atoms with Crippen LogP contribution in [0.25, 0.3) is 5.57 Å². The number of hydrogen-bond acceptors (Lipinski definition) is 3. The van der Waals surface area contributed by atoms with E-state index in [0.717, 1.165) is 15.1 Å². The van der Waals surface area contributed by atoms with Gasteiger partial charge in [0, 0.05) is 22.3 Å². The zero-order valence-electron chi connectivity index (χ0n) is 15.6. The molecular weight excluding hydrogens is 690 g/mol. The second-order valence-electron chi connectivity index (χ2n) is 6.22. The van der Waals surface area contributed by atoms with Gasteiger partial charge < -0.3 is 9.84 Å². The maximum Gasteiger partial charge on any atom is 0.341 e. The van der Waals surface area contributed by atoms with Crippen molar-refractivity contribution in [3.05, 3.63) is 95.5 Å². The van der Waals surface area contributed by atoms with Gasteiger partial charge in [0.05, 0.1) is 0 Å². The Kier molecular flexibility index (Phi) is 9.09. The Labute approximate surface area is 215 Å². The van der Waals surface area contributed by atoms with Crippen LogP contribution < -0.4 is 4.74 Å². The maximum atomic E-state index is 10.7. The van der Waals surface area contributed by atoms with E-state index >= 15 is 0 Å². The number of benzene rings is 3. The van der Waals surface area contributed by atoms with Crippen LogP contribution in [0.15, 0.2) is 82.2 Å². The number of carboxylic acid groups (broad SMARTS) is 1. The molecule has 0 aliphatic rings. The highest BCUT2D eigenvalue weighted by atomic mass is 127. The summed E-state index contributed by atoms with van der Waals surface area (Å²) in [6.07, 6.45) is 2.25. The maximum absolute atomic E-state index is 10.7. The van der Waals surface area contributed by atoms with Crippen molar-refractivity contribution in [1.82, 2.24) is 0 Å². The first-order valence-electron chi connectivity index (χ1n) is 8.91. The number of ether oxygens (including phenoxy) is 1. The average Bonchev–Trinajstić information content (AvgIpc) is 2.71. The van der Waals surface area contributed by atoms with Gasteiger partial charge in [-0.3, -0.25) is 0 Å². The molecule has 0 aromatic heterocycles. The molecule has 0 aliphatic heterocycles. The third kappa shape index (κ3) is 7.00. The molecule has 0 spiro atoms. The molecule has 1 N–H and O–H groups in total. The minimum atomic E-state index is -0.992. The summed E-state index contributed by atoms with van der Waals surface area (Å²) in [5.74, 6) is 0.330. The summed E-state index contributed by atoms with van der Waals surface area (Å²) in [6, 6.07) is 22.6. The van der Waals surface area contributed by atoms with Crippen LogP contribution >= 0.6 is 72.9 Å². The fraction of sp³-hybridized carbons (Fsp3) is 0.0870. The first kappa shape index (κ1) is 23.6. The molecule has 0 amide bonds. The van der Waals surface area contributed by atoms with Crippen molar-refractivity contribution in [3.8, 4) is 5.75 Å². The zero-order chi connectivity index (χ0) is 21.5. The summed E-state index contributed by atoms with van der Waals surface area (Å²) in [4.78, 5) is 11.7. The lowest BCUT2D eigenvalue weighted by Crippen LogP contribution is -2.09.